The molecule has 0 aliphatic rings. The smallest absolute Gasteiger partial charge is 0.0221 e. The fourth-order valence-corrected chi connectivity index (χ4v) is 11.1. The van der Waals surface area contributed by atoms with Crippen LogP contribution in [0.4, 0.5) is 0 Å². The van der Waals surface area contributed by atoms with Crippen LogP contribution in [0.15, 0.2) is 115 Å². The van der Waals surface area contributed by atoms with Gasteiger partial charge in [0.25, 0.3) is 0 Å². The van der Waals surface area contributed by atoms with Gasteiger partial charge in [-0.25, -0.2) is 0 Å². The van der Waals surface area contributed by atoms with E-state index in [0.717, 1.165) is 0 Å². The summed E-state index contributed by atoms with van der Waals surface area (Å²) in [5.74, 6) is 0. The maximum absolute atomic E-state index is 2.39. The predicted molar refractivity (Wildman–Crippen MR) is 210 cm³/mol. The van der Waals surface area contributed by atoms with Gasteiger partial charge in [-0.2, -0.15) is 0 Å². The number of fused-ring (bicyclic) bond motifs is 2. The summed E-state index contributed by atoms with van der Waals surface area (Å²) in [6.45, 7) is 15.8. The van der Waals surface area contributed by atoms with Gasteiger partial charge in [-0.05, 0) is 141 Å². The number of aryl methyl sites for hydroxylation is 7. The lowest BCUT2D eigenvalue weighted by Gasteiger charge is -2.20. The zero-order valence-corrected chi connectivity index (χ0v) is 30.2. The van der Waals surface area contributed by atoms with E-state index in [1.807, 2.05) is 0 Å². The zero-order valence-electron chi connectivity index (χ0n) is 28.4. The molecule has 0 bridgehead atoms. The Morgan fingerprint density at radius 2 is 0.787 bits per heavy atom. The highest BCUT2D eigenvalue weighted by molar-refractivity contribution is 7.91. The predicted octanol–water partition coefficient (Wildman–Crippen LogP) is 12.9. The minimum absolute atomic E-state index is 1.27. The lowest BCUT2D eigenvalue weighted by atomic mass is 9.89. The topological polar surface area (TPSA) is 0 Å². The van der Waals surface area contributed by atoms with Gasteiger partial charge in [0.1, 0.15) is 0 Å². The average Bonchev–Trinajstić information content (AvgIpc) is 3.03. The molecule has 0 aliphatic heterocycles. The van der Waals surface area contributed by atoms with Gasteiger partial charge >= 0.3 is 0 Å². The standard InChI is InChI=1S/C45H40P2/c1-27-22-29(3)41(30(4)23-27)39-20-13-21-40(42-31(5)24-28(2)25-32(42)6)45(39)47-46-44-33(7)26-35-15-9-11-18-37(35)43(44)38-19-12-16-34-14-8-10-17-36(34)38/h8-26H,1-7H3. The second-order valence-electron chi connectivity index (χ2n) is 13.1. The van der Waals surface area contributed by atoms with E-state index in [1.54, 1.807) is 0 Å². The third-order valence-corrected chi connectivity index (χ3v) is 12.5. The lowest BCUT2D eigenvalue weighted by Crippen LogP contribution is -2.08. The second-order valence-corrected chi connectivity index (χ2v) is 15.6. The van der Waals surface area contributed by atoms with Crippen molar-refractivity contribution in [1.82, 2.24) is 0 Å². The highest BCUT2D eigenvalue weighted by Crippen LogP contribution is 2.40. The van der Waals surface area contributed by atoms with E-state index >= 15 is 0 Å². The third-order valence-electron chi connectivity index (χ3n) is 9.45. The monoisotopic (exact) mass is 642 g/mol. The fraction of sp³-hybridized carbons (Fsp3) is 0.156. The van der Waals surface area contributed by atoms with Gasteiger partial charge in [0.2, 0.25) is 0 Å². The van der Waals surface area contributed by atoms with Gasteiger partial charge in [0.15, 0.2) is 0 Å². The molecule has 0 aromatic heterocycles. The molecule has 230 valence electrons. The van der Waals surface area contributed by atoms with Crippen LogP contribution in [0.5, 0.6) is 0 Å². The largest absolute Gasteiger partial charge is 0.0616 e. The van der Waals surface area contributed by atoms with Crippen molar-refractivity contribution in [1.29, 1.82) is 0 Å². The fourth-order valence-electron chi connectivity index (χ4n) is 7.69. The normalized spacial score (nSPS) is 11.6. The minimum Gasteiger partial charge on any atom is -0.0616 e. The Morgan fingerprint density at radius 1 is 0.340 bits per heavy atom. The molecule has 0 N–H and O–H groups in total. The molecule has 7 aromatic rings. The molecule has 47 heavy (non-hydrogen) atoms. The zero-order chi connectivity index (χ0) is 32.8. The quantitative estimate of drug-likeness (QED) is 0.164. The first-order valence-corrected chi connectivity index (χ1v) is 18.9. The van der Waals surface area contributed by atoms with Crippen molar-refractivity contribution in [3.63, 3.8) is 0 Å². The molecule has 0 radical (unpaired) electrons. The van der Waals surface area contributed by atoms with Gasteiger partial charge in [0, 0.05) is 16.2 Å². The van der Waals surface area contributed by atoms with Crippen LogP contribution in [-0.2, 0) is 0 Å². The van der Waals surface area contributed by atoms with E-state index in [9.17, 15) is 0 Å². The summed E-state index contributed by atoms with van der Waals surface area (Å²) in [7, 11) is 2.54. The molecule has 0 saturated heterocycles. The summed E-state index contributed by atoms with van der Waals surface area (Å²) in [6.07, 6.45) is 0. The van der Waals surface area contributed by atoms with Gasteiger partial charge < -0.3 is 0 Å². The van der Waals surface area contributed by atoms with Gasteiger partial charge in [-0.3, -0.25) is 0 Å². The van der Waals surface area contributed by atoms with Crippen LogP contribution >= 0.6 is 15.7 Å². The molecule has 7 aromatic carbocycles. The molecule has 0 heterocycles. The molecule has 0 saturated carbocycles. The van der Waals surface area contributed by atoms with E-state index in [1.165, 1.54) is 120 Å². The highest BCUT2D eigenvalue weighted by Gasteiger charge is 2.19. The van der Waals surface area contributed by atoms with Crippen molar-refractivity contribution in [2.24, 2.45) is 0 Å². The van der Waals surface area contributed by atoms with E-state index in [4.69, 9.17) is 0 Å². The molecule has 0 atom stereocenters. The van der Waals surface area contributed by atoms with Crippen molar-refractivity contribution >= 4 is 47.9 Å². The second kappa shape index (κ2) is 12.7. The summed E-state index contributed by atoms with van der Waals surface area (Å²) in [5, 5.41) is 7.99. The Bertz CT molecular complexity index is 2250. The number of hydrogen-bond donors (Lipinski definition) is 0. The Hall–Kier alpha value is -4.34. The van der Waals surface area contributed by atoms with Crippen LogP contribution in [0.25, 0.3) is 54.9 Å². The molecular formula is C45H40P2. The van der Waals surface area contributed by atoms with Crippen molar-refractivity contribution < 1.29 is 0 Å². The summed E-state index contributed by atoms with van der Waals surface area (Å²) in [6, 6.07) is 43.2. The Balaban J connectivity index is 1.55. The molecular weight excluding hydrogens is 602 g/mol. The van der Waals surface area contributed by atoms with Crippen molar-refractivity contribution in [2.45, 2.75) is 48.5 Å². The van der Waals surface area contributed by atoms with Gasteiger partial charge in [-0.1, -0.05) is 126 Å². The van der Waals surface area contributed by atoms with E-state index in [0.29, 0.717) is 0 Å². The molecule has 0 nitrogen and oxygen atoms in total. The summed E-state index contributed by atoms with van der Waals surface area (Å²) in [5.41, 5.74) is 17.4. The van der Waals surface area contributed by atoms with Crippen LogP contribution in [0, 0.1) is 48.5 Å². The minimum atomic E-state index is 1.27. The van der Waals surface area contributed by atoms with Crippen molar-refractivity contribution in [3.05, 3.63) is 154 Å². The Labute approximate surface area is 282 Å². The van der Waals surface area contributed by atoms with E-state index in [2.05, 4.69) is 164 Å². The van der Waals surface area contributed by atoms with E-state index in [-0.39, 0.29) is 0 Å². The molecule has 0 fully saturated rings. The number of hydrogen-bond acceptors (Lipinski definition) is 0. The van der Waals surface area contributed by atoms with Crippen LogP contribution in [-0.4, -0.2) is 0 Å². The van der Waals surface area contributed by atoms with E-state index < -0.39 is 0 Å². The number of rotatable bonds is 5. The van der Waals surface area contributed by atoms with Crippen LogP contribution in [0.2, 0.25) is 0 Å². The highest BCUT2D eigenvalue weighted by atomic mass is 31.7. The van der Waals surface area contributed by atoms with Crippen LogP contribution < -0.4 is 10.6 Å². The molecule has 0 amide bonds. The molecule has 7 rings (SSSR count). The first kappa shape index (κ1) is 31.3. The van der Waals surface area contributed by atoms with Gasteiger partial charge in [0.05, 0.1) is 0 Å². The average molecular weight is 643 g/mol. The van der Waals surface area contributed by atoms with Crippen LogP contribution in [0.3, 0.4) is 0 Å². The molecule has 2 heteroatoms. The third kappa shape index (κ3) is 5.76. The molecule has 0 spiro atoms. The Morgan fingerprint density at radius 3 is 1.38 bits per heavy atom. The summed E-state index contributed by atoms with van der Waals surface area (Å²) < 4.78 is 0. The lowest BCUT2D eigenvalue weighted by molar-refractivity contribution is 1.32. The van der Waals surface area contributed by atoms with Gasteiger partial charge in [-0.15, -0.1) is 0 Å². The SMILES string of the molecule is Cc1cc(C)c(-c2cccc(-c3c(C)cc(C)cc3C)c2P=Pc2c(C)cc3ccccc3c2-c2cccc3ccccc23)c(C)c1. The van der Waals surface area contributed by atoms with Crippen molar-refractivity contribution in [3.8, 4) is 33.4 Å². The van der Waals surface area contributed by atoms with Crippen LogP contribution in [0.1, 0.15) is 38.9 Å². The first-order chi connectivity index (χ1) is 22.7. The summed E-state index contributed by atoms with van der Waals surface area (Å²) in [4.78, 5) is 0. The maximum Gasteiger partial charge on any atom is 0.0221 e. The molecule has 0 aliphatic carbocycles. The maximum atomic E-state index is 2.39. The Kier molecular flexibility index (Phi) is 8.45. The summed E-state index contributed by atoms with van der Waals surface area (Å²) >= 11 is 0. The first-order valence-electron chi connectivity index (χ1n) is 16.4. The molecule has 0 unspecified atom stereocenters. The van der Waals surface area contributed by atoms with Crippen molar-refractivity contribution in [2.75, 3.05) is 0 Å². The number of benzene rings is 7.